The Bertz CT molecular complexity index is 1510. The molecule has 40 heavy (non-hydrogen) atoms. The smallest absolute Gasteiger partial charge is 0.407 e. The number of fused-ring (bicyclic) bond motifs is 1. The number of aromatic nitrogens is 3. The van der Waals surface area contributed by atoms with Crippen molar-refractivity contribution < 1.29 is 19.1 Å². The Morgan fingerprint density at radius 3 is 2.50 bits per heavy atom. The summed E-state index contributed by atoms with van der Waals surface area (Å²) in [6.07, 6.45) is 3.33. The zero-order valence-electron chi connectivity index (χ0n) is 23.0. The summed E-state index contributed by atoms with van der Waals surface area (Å²) < 4.78 is 12.5. The van der Waals surface area contributed by atoms with Crippen molar-refractivity contribution in [3.8, 4) is 11.4 Å². The van der Waals surface area contributed by atoms with E-state index in [2.05, 4.69) is 10.3 Å². The molecule has 0 spiro atoms. The molecule has 4 aromatic rings. The van der Waals surface area contributed by atoms with Gasteiger partial charge in [-0.25, -0.2) is 9.78 Å². The van der Waals surface area contributed by atoms with Crippen LogP contribution in [0, 0.1) is 0 Å². The third-order valence-corrected chi connectivity index (χ3v) is 5.97. The molecule has 0 aliphatic carbocycles. The largest absolute Gasteiger partial charge is 0.494 e. The maximum Gasteiger partial charge on any atom is 0.407 e. The molecule has 0 saturated heterocycles. The van der Waals surface area contributed by atoms with Gasteiger partial charge in [0.25, 0.3) is 5.56 Å². The first kappa shape index (κ1) is 28.3. The molecule has 0 bridgehead atoms. The zero-order valence-corrected chi connectivity index (χ0v) is 23.0. The molecule has 0 saturated carbocycles. The Labute approximate surface area is 232 Å². The van der Waals surface area contributed by atoms with E-state index in [9.17, 15) is 14.4 Å². The van der Waals surface area contributed by atoms with Crippen molar-refractivity contribution in [2.75, 3.05) is 13.2 Å². The number of rotatable bonds is 10. The minimum Gasteiger partial charge on any atom is -0.494 e. The summed E-state index contributed by atoms with van der Waals surface area (Å²) in [6, 6.07) is 16.9. The van der Waals surface area contributed by atoms with Gasteiger partial charge >= 0.3 is 6.09 Å². The number of ether oxygens (including phenoxy) is 2. The van der Waals surface area contributed by atoms with Crippen molar-refractivity contribution in [2.24, 2.45) is 0 Å². The van der Waals surface area contributed by atoms with Crippen LogP contribution < -0.4 is 15.6 Å². The van der Waals surface area contributed by atoms with Gasteiger partial charge in [-0.15, -0.1) is 0 Å². The van der Waals surface area contributed by atoms with Crippen molar-refractivity contribution in [1.29, 1.82) is 0 Å². The van der Waals surface area contributed by atoms with Crippen LogP contribution in [-0.4, -0.2) is 50.7 Å². The maximum absolute atomic E-state index is 13.9. The number of carbonyl (C=O) groups is 2. The fourth-order valence-corrected chi connectivity index (χ4v) is 4.26. The Hall–Kier alpha value is -4.73. The topological polar surface area (TPSA) is 116 Å². The van der Waals surface area contributed by atoms with Crippen LogP contribution >= 0.6 is 0 Å². The molecule has 4 rings (SSSR count). The first-order valence-electron chi connectivity index (χ1n) is 13.0. The van der Waals surface area contributed by atoms with Gasteiger partial charge in [-0.05, 0) is 75.7 Å². The van der Waals surface area contributed by atoms with E-state index in [0.29, 0.717) is 35.4 Å². The normalized spacial score (nSPS) is 12.0. The standard InChI is InChI=1S/C30H33N5O5/c1-5-39-23-14-12-22(13-15-23)35-27(33-25-11-7-6-10-24(25)28(35)37)26(18-32-29(38)40-30(2,3)4)34(20-36)19-21-9-8-16-31-17-21/h6-17,20,26H,5,18-19H2,1-4H3,(H,32,38). The number of pyridine rings is 1. The summed E-state index contributed by atoms with van der Waals surface area (Å²) in [5.74, 6) is 0.934. The lowest BCUT2D eigenvalue weighted by Gasteiger charge is -2.30. The van der Waals surface area contributed by atoms with Crippen LogP contribution in [-0.2, 0) is 16.1 Å². The number of amides is 2. The third-order valence-electron chi connectivity index (χ3n) is 5.97. The van der Waals surface area contributed by atoms with Crippen molar-refractivity contribution in [1.82, 2.24) is 24.8 Å². The maximum atomic E-state index is 13.9. The number of benzene rings is 2. The van der Waals surface area contributed by atoms with Gasteiger partial charge in [0.15, 0.2) is 0 Å². The van der Waals surface area contributed by atoms with E-state index in [0.717, 1.165) is 5.56 Å². The van der Waals surface area contributed by atoms with Crippen LogP contribution in [0.1, 0.15) is 45.1 Å². The first-order chi connectivity index (χ1) is 19.2. The Balaban J connectivity index is 1.87. The van der Waals surface area contributed by atoms with Crippen LogP contribution in [0.2, 0.25) is 0 Å². The molecule has 1 N–H and O–H groups in total. The summed E-state index contributed by atoms with van der Waals surface area (Å²) in [5.41, 5.74) is 0.757. The number of carbonyl (C=O) groups excluding carboxylic acids is 2. The van der Waals surface area contributed by atoms with Gasteiger partial charge in [-0.3, -0.25) is 19.1 Å². The number of nitrogens with one attached hydrogen (secondary N) is 1. The van der Waals surface area contributed by atoms with Gasteiger partial charge in [0.1, 0.15) is 23.2 Å². The lowest BCUT2D eigenvalue weighted by Crippen LogP contribution is -2.42. The molecule has 2 aromatic heterocycles. The van der Waals surface area contributed by atoms with E-state index >= 15 is 0 Å². The second kappa shape index (κ2) is 12.4. The molecule has 10 nitrogen and oxygen atoms in total. The van der Waals surface area contributed by atoms with E-state index in [1.54, 1.807) is 87.8 Å². The van der Waals surface area contributed by atoms with Crippen molar-refractivity contribution in [3.05, 3.63) is 94.8 Å². The number of hydrogen-bond acceptors (Lipinski definition) is 7. The van der Waals surface area contributed by atoms with Crippen LogP contribution in [0.3, 0.4) is 0 Å². The minimum atomic E-state index is -0.839. The number of nitrogens with zero attached hydrogens (tertiary/aromatic N) is 4. The van der Waals surface area contributed by atoms with Crippen molar-refractivity contribution in [3.63, 3.8) is 0 Å². The van der Waals surface area contributed by atoms with Crippen molar-refractivity contribution >= 4 is 23.4 Å². The molecule has 2 aromatic carbocycles. The van der Waals surface area contributed by atoms with E-state index in [1.165, 1.54) is 9.47 Å². The highest BCUT2D eigenvalue weighted by Crippen LogP contribution is 2.25. The van der Waals surface area contributed by atoms with E-state index in [-0.39, 0.29) is 24.5 Å². The molecule has 208 valence electrons. The summed E-state index contributed by atoms with van der Waals surface area (Å²) in [7, 11) is 0. The SMILES string of the molecule is CCOc1ccc(-n2c(C(CNC(=O)OC(C)(C)C)N(C=O)Cc3cccnc3)nc3ccccc3c2=O)cc1. The molecule has 2 heterocycles. The average molecular weight is 544 g/mol. The molecule has 0 aliphatic rings. The summed E-state index contributed by atoms with van der Waals surface area (Å²) in [6.45, 7) is 7.79. The second-order valence-electron chi connectivity index (χ2n) is 10.1. The van der Waals surface area contributed by atoms with Gasteiger partial charge in [0.05, 0.1) is 23.2 Å². The molecule has 1 unspecified atom stereocenters. The molecule has 2 amide bonds. The highest BCUT2D eigenvalue weighted by molar-refractivity contribution is 5.78. The van der Waals surface area contributed by atoms with E-state index in [1.807, 2.05) is 13.0 Å². The fraction of sp³-hybridized carbons (Fsp3) is 0.300. The zero-order chi connectivity index (χ0) is 28.7. The van der Waals surface area contributed by atoms with Crippen LogP contribution in [0.4, 0.5) is 4.79 Å². The Kier molecular flexibility index (Phi) is 8.78. The minimum absolute atomic E-state index is 0.0598. The molecule has 0 radical (unpaired) electrons. The number of para-hydroxylation sites is 1. The van der Waals surface area contributed by atoms with E-state index < -0.39 is 17.7 Å². The molecular weight excluding hydrogens is 510 g/mol. The molecule has 1 atom stereocenters. The quantitative estimate of drug-likeness (QED) is 0.295. The number of hydrogen-bond donors (Lipinski definition) is 1. The monoisotopic (exact) mass is 543 g/mol. The second-order valence-corrected chi connectivity index (χ2v) is 10.1. The predicted octanol–water partition coefficient (Wildman–Crippen LogP) is 4.40. The van der Waals surface area contributed by atoms with Crippen molar-refractivity contribution in [2.45, 2.75) is 45.9 Å². The Morgan fingerprint density at radius 2 is 1.85 bits per heavy atom. The highest BCUT2D eigenvalue weighted by Gasteiger charge is 2.28. The third kappa shape index (κ3) is 6.82. The van der Waals surface area contributed by atoms with Crippen LogP contribution in [0.25, 0.3) is 16.6 Å². The predicted molar refractivity (Wildman–Crippen MR) is 151 cm³/mol. The molecule has 0 aliphatic heterocycles. The summed E-state index contributed by atoms with van der Waals surface area (Å²) >= 11 is 0. The summed E-state index contributed by atoms with van der Waals surface area (Å²) in [5, 5.41) is 3.18. The van der Waals surface area contributed by atoms with Gasteiger partial charge < -0.3 is 19.7 Å². The molecule has 10 heteroatoms. The first-order valence-corrected chi connectivity index (χ1v) is 13.0. The summed E-state index contributed by atoms with van der Waals surface area (Å²) in [4.78, 5) is 49.6. The molecule has 0 fully saturated rings. The lowest BCUT2D eigenvalue weighted by molar-refractivity contribution is -0.121. The molecular formula is C30H33N5O5. The average Bonchev–Trinajstić information content (AvgIpc) is 2.93. The van der Waals surface area contributed by atoms with E-state index in [4.69, 9.17) is 14.5 Å². The van der Waals surface area contributed by atoms with Gasteiger partial charge in [0.2, 0.25) is 6.41 Å². The van der Waals surface area contributed by atoms with Gasteiger partial charge in [-0.1, -0.05) is 18.2 Å². The number of alkyl carbamates (subject to hydrolysis) is 1. The van der Waals surface area contributed by atoms with Gasteiger partial charge in [0, 0.05) is 25.5 Å². The Morgan fingerprint density at radius 1 is 1.10 bits per heavy atom. The fourth-order valence-electron chi connectivity index (χ4n) is 4.26. The lowest BCUT2D eigenvalue weighted by atomic mass is 10.1. The highest BCUT2D eigenvalue weighted by atomic mass is 16.6. The van der Waals surface area contributed by atoms with Crippen LogP contribution in [0.15, 0.2) is 77.9 Å². The van der Waals surface area contributed by atoms with Gasteiger partial charge in [-0.2, -0.15) is 0 Å². The van der Waals surface area contributed by atoms with Crippen LogP contribution in [0.5, 0.6) is 5.75 Å².